The highest BCUT2D eigenvalue weighted by atomic mass is 127. The lowest BCUT2D eigenvalue weighted by Crippen LogP contribution is -2.34. The van der Waals surface area contributed by atoms with Gasteiger partial charge in [-0.3, -0.25) is 5.41 Å². The second kappa shape index (κ2) is 14.2. The number of halogens is 2. The molecule has 0 saturated carbocycles. The van der Waals surface area contributed by atoms with Crippen LogP contribution < -0.4 is 0 Å². The van der Waals surface area contributed by atoms with Crippen LogP contribution in [-0.2, 0) is 34.7 Å². The van der Waals surface area contributed by atoms with E-state index >= 15 is 0 Å². The van der Waals surface area contributed by atoms with Gasteiger partial charge in [-0.15, -0.1) is 0 Å². The molecule has 1 heterocycles. The van der Waals surface area contributed by atoms with Crippen LogP contribution in [0.2, 0.25) is 0 Å². The molecule has 0 amide bonds. The monoisotopic (exact) mass is 893 g/mol. The van der Waals surface area contributed by atoms with E-state index in [2.05, 4.69) is 223 Å². The first-order chi connectivity index (χ1) is 23.1. The quantitative estimate of drug-likeness (QED) is 0.196. The summed E-state index contributed by atoms with van der Waals surface area (Å²) in [6.45, 7) is 29.1. The number of nitrogens with one attached hydrogen (secondary N) is 1. The fourth-order valence-corrected chi connectivity index (χ4v) is 9.65. The number of hydrogen-bond acceptors (Lipinski definition) is 1. The molecule has 0 spiro atoms. The average molecular weight is 894 g/mol. The molecule has 0 aromatic heterocycles. The third-order valence-electron chi connectivity index (χ3n) is 10.1. The van der Waals surface area contributed by atoms with Gasteiger partial charge in [-0.2, -0.15) is 0 Å². The standard InChI is InChI=1S/C45H57I2N3/c1-42(2,3)33-23-31(37(46)35(25-33)44(7,8)9)27-49-39(29-19-15-13-16-20-29)40(30-21-17-14-18-22-30)50(41(49)48)28-32-24-34(43(4,5)6)26-36(38(32)47)45(10,11)12/h13-26,39-40,48H,27-28H2,1-12H3/t39-,40-/m0/s1. The highest BCUT2D eigenvalue weighted by molar-refractivity contribution is 14.1. The molecule has 1 aliphatic rings. The van der Waals surface area contributed by atoms with Gasteiger partial charge >= 0.3 is 0 Å². The van der Waals surface area contributed by atoms with E-state index in [0.717, 1.165) is 0 Å². The summed E-state index contributed by atoms with van der Waals surface area (Å²) in [5.74, 6) is 0.580. The van der Waals surface area contributed by atoms with Crippen molar-refractivity contribution in [1.82, 2.24) is 9.80 Å². The summed E-state index contributed by atoms with van der Waals surface area (Å²) in [7, 11) is 0. The fourth-order valence-electron chi connectivity index (χ4n) is 7.06. The summed E-state index contributed by atoms with van der Waals surface area (Å²) >= 11 is 5.16. The third kappa shape index (κ3) is 8.14. The Balaban J connectivity index is 1.73. The first-order valence-electron chi connectivity index (χ1n) is 18.0. The number of rotatable bonds is 6. The Morgan fingerprint density at radius 3 is 1.10 bits per heavy atom. The Labute approximate surface area is 330 Å². The Kier molecular flexibility index (Phi) is 11.0. The van der Waals surface area contributed by atoms with E-state index in [9.17, 15) is 5.41 Å². The average Bonchev–Trinajstić information content (AvgIpc) is 3.28. The molecule has 1 fully saturated rings. The van der Waals surface area contributed by atoms with E-state index < -0.39 is 0 Å². The molecule has 1 aliphatic heterocycles. The maximum atomic E-state index is 10.1. The Hall–Kier alpha value is -2.39. The molecular formula is C45H57I2N3. The molecular weight excluding hydrogens is 836 g/mol. The molecule has 1 saturated heterocycles. The molecule has 1 N–H and O–H groups in total. The van der Waals surface area contributed by atoms with Crippen LogP contribution in [0.3, 0.4) is 0 Å². The Bertz CT molecular complexity index is 1700. The second-order valence-corrected chi connectivity index (χ2v) is 20.4. The summed E-state index contributed by atoms with van der Waals surface area (Å²) in [6.07, 6.45) is 0. The number of nitrogens with zero attached hydrogens (tertiary/aromatic N) is 2. The largest absolute Gasteiger partial charge is 0.329 e. The summed E-state index contributed by atoms with van der Waals surface area (Å²) in [4.78, 5) is 4.77. The van der Waals surface area contributed by atoms with Gasteiger partial charge in [-0.25, -0.2) is 0 Å². The van der Waals surface area contributed by atoms with Crippen molar-refractivity contribution in [2.45, 2.75) is 130 Å². The predicted octanol–water partition coefficient (Wildman–Crippen LogP) is 12.8. The van der Waals surface area contributed by atoms with Crippen molar-refractivity contribution in [1.29, 1.82) is 5.41 Å². The van der Waals surface area contributed by atoms with E-state index in [-0.39, 0.29) is 33.7 Å². The number of benzene rings is 4. The van der Waals surface area contributed by atoms with Crippen LogP contribution >= 0.6 is 45.2 Å². The Morgan fingerprint density at radius 1 is 0.500 bits per heavy atom. The first-order valence-corrected chi connectivity index (χ1v) is 20.1. The van der Waals surface area contributed by atoms with Crippen LogP contribution in [0.4, 0.5) is 0 Å². The van der Waals surface area contributed by atoms with Gasteiger partial charge in [-0.05, 0) is 111 Å². The molecule has 3 nitrogen and oxygen atoms in total. The van der Waals surface area contributed by atoms with E-state index in [1.54, 1.807) is 0 Å². The molecule has 5 rings (SSSR count). The normalized spacial score (nSPS) is 17.5. The topological polar surface area (TPSA) is 30.3 Å². The SMILES string of the molecule is CC(C)(C)c1cc(CN2C(=N)N(Cc3cc(C(C)(C)C)cc(C(C)(C)C)c3I)[C@@H](c3ccccc3)[C@@H]2c2ccccc2)c(I)c(C(C)(C)C)c1. The van der Waals surface area contributed by atoms with Gasteiger partial charge in [0.1, 0.15) is 0 Å². The lowest BCUT2D eigenvalue weighted by Gasteiger charge is -2.32. The minimum Gasteiger partial charge on any atom is -0.329 e. The molecule has 5 heteroatoms. The smallest absolute Gasteiger partial charge is 0.195 e. The zero-order valence-electron chi connectivity index (χ0n) is 32.3. The highest BCUT2D eigenvalue weighted by Crippen LogP contribution is 2.48. The first kappa shape index (κ1) is 38.8. The minimum atomic E-state index is -0.0381. The molecule has 2 atom stereocenters. The van der Waals surface area contributed by atoms with Crippen molar-refractivity contribution >= 4 is 51.1 Å². The van der Waals surface area contributed by atoms with E-state index in [1.807, 2.05) is 0 Å². The molecule has 0 radical (unpaired) electrons. The summed E-state index contributed by atoms with van der Waals surface area (Å²) in [5, 5.41) is 10.1. The van der Waals surface area contributed by atoms with Gasteiger partial charge in [0.05, 0.1) is 12.1 Å². The second-order valence-electron chi connectivity index (χ2n) is 18.3. The molecule has 4 aromatic carbocycles. The van der Waals surface area contributed by atoms with Gasteiger partial charge in [0.15, 0.2) is 5.96 Å². The molecule has 0 aliphatic carbocycles. The molecule has 0 bridgehead atoms. The third-order valence-corrected chi connectivity index (χ3v) is 12.7. The lowest BCUT2D eigenvalue weighted by atomic mass is 9.79. The molecule has 266 valence electrons. The van der Waals surface area contributed by atoms with Gasteiger partial charge < -0.3 is 9.80 Å². The maximum Gasteiger partial charge on any atom is 0.195 e. The van der Waals surface area contributed by atoms with Crippen molar-refractivity contribution in [2.75, 3.05) is 0 Å². The molecule has 4 aromatic rings. The fraction of sp³-hybridized carbons (Fsp3) is 0.444. The van der Waals surface area contributed by atoms with Gasteiger partial charge in [0, 0.05) is 20.2 Å². The van der Waals surface area contributed by atoms with E-state index in [0.29, 0.717) is 19.0 Å². The lowest BCUT2D eigenvalue weighted by molar-refractivity contribution is 0.262. The van der Waals surface area contributed by atoms with Crippen molar-refractivity contribution in [3.05, 3.63) is 137 Å². The van der Waals surface area contributed by atoms with Crippen LogP contribution in [0, 0.1) is 12.5 Å². The summed E-state index contributed by atoms with van der Waals surface area (Å²) in [6, 6.07) is 31.4. The predicted molar refractivity (Wildman–Crippen MR) is 230 cm³/mol. The number of guanidine groups is 1. The van der Waals surface area contributed by atoms with Crippen LogP contribution in [0.5, 0.6) is 0 Å². The maximum absolute atomic E-state index is 10.1. The van der Waals surface area contributed by atoms with Crippen molar-refractivity contribution < 1.29 is 0 Å². The van der Waals surface area contributed by atoms with E-state index in [1.165, 1.54) is 51.6 Å². The van der Waals surface area contributed by atoms with Gasteiger partial charge in [0.2, 0.25) is 0 Å². The summed E-state index contributed by atoms with van der Waals surface area (Å²) in [5.41, 5.74) is 10.5. The van der Waals surface area contributed by atoms with Crippen LogP contribution in [0.1, 0.15) is 140 Å². The van der Waals surface area contributed by atoms with Crippen molar-refractivity contribution in [3.8, 4) is 0 Å². The molecule has 0 unspecified atom stereocenters. The minimum absolute atomic E-state index is 0.00200. The van der Waals surface area contributed by atoms with Gasteiger partial charge in [0.25, 0.3) is 0 Å². The van der Waals surface area contributed by atoms with Crippen molar-refractivity contribution in [2.24, 2.45) is 0 Å². The zero-order chi connectivity index (χ0) is 37.0. The zero-order valence-corrected chi connectivity index (χ0v) is 36.6. The van der Waals surface area contributed by atoms with Crippen LogP contribution in [0.15, 0.2) is 84.9 Å². The van der Waals surface area contributed by atoms with Crippen molar-refractivity contribution in [3.63, 3.8) is 0 Å². The van der Waals surface area contributed by atoms with E-state index in [4.69, 9.17) is 0 Å². The highest BCUT2D eigenvalue weighted by Gasteiger charge is 2.45. The Morgan fingerprint density at radius 2 is 0.820 bits per heavy atom. The van der Waals surface area contributed by atoms with Crippen LogP contribution in [0.25, 0.3) is 0 Å². The molecule has 50 heavy (non-hydrogen) atoms. The van der Waals surface area contributed by atoms with Gasteiger partial charge in [-0.1, -0.05) is 168 Å². The summed E-state index contributed by atoms with van der Waals surface area (Å²) < 4.78 is 2.61. The van der Waals surface area contributed by atoms with Crippen LogP contribution in [-0.4, -0.2) is 15.8 Å². The number of hydrogen-bond donors (Lipinski definition) is 1.